The monoisotopic (exact) mass is 617 g/mol. The number of benzene rings is 1. The molecule has 1 aromatic carbocycles. The van der Waals surface area contributed by atoms with Gasteiger partial charge in [0.15, 0.2) is 11.7 Å². The summed E-state index contributed by atoms with van der Waals surface area (Å²) in [6.07, 6.45) is -10.3. The van der Waals surface area contributed by atoms with Crippen molar-refractivity contribution in [2.24, 2.45) is 0 Å². The van der Waals surface area contributed by atoms with Gasteiger partial charge in [0.25, 0.3) is 12.0 Å². The molecule has 0 amide bonds. The van der Waals surface area contributed by atoms with Crippen LogP contribution in [0.4, 0.5) is 17.6 Å². The number of carbonyl (C=O) groups excluding carboxylic acids is 1. The van der Waals surface area contributed by atoms with Crippen molar-refractivity contribution in [3.05, 3.63) is 62.4 Å². The first-order valence-electron chi connectivity index (χ1n) is 11.5. The van der Waals surface area contributed by atoms with E-state index in [1.54, 1.807) is 11.1 Å². The first kappa shape index (κ1) is 31.8. The molecule has 1 unspecified atom stereocenters. The number of hydrogen-bond acceptors (Lipinski definition) is 9. The van der Waals surface area contributed by atoms with E-state index < -0.39 is 79.0 Å². The minimum absolute atomic E-state index is 0.0133. The number of halogens is 5. The van der Waals surface area contributed by atoms with Crippen molar-refractivity contribution < 1.29 is 50.5 Å². The molecule has 0 radical (unpaired) electrons. The number of rotatable bonds is 11. The van der Waals surface area contributed by atoms with Gasteiger partial charge in [-0.15, -0.1) is 0 Å². The standard InChI is InChI=1S/C22H25ClF4N3O9P/c1-11(2)37-16(32)12(3)29-40(35,39-13-7-5-4-6-8-13)36-10-21(18(24)25)17(33)22(26,27)19(38-21)30-9-14(23)15(31)28-20(30)34/h4-9,11-12,17-19,33H,10H2,1-3H3,(H,29,35)(H,28,31,34)/t12-,17+,19+,21+,40?/m0/s1. The lowest BCUT2D eigenvalue weighted by Gasteiger charge is -2.32. The molecule has 18 heteroatoms. The Labute approximate surface area is 228 Å². The fourth-order valence-electron chi connectivity index (χ4n) is 3.56. The second-order valence-corrected chi connectivity index (χ2v) is 11.1. The second-order valence-electron chi connectivity index (χ2n) is 8.96. The maximum absolute atomic E-state index is 15.1. The van der Waals surface area contributed by atoms with Crippen molar-refractivity contribution >= 4 is 25.3 Å². The largest absolute Gasteiger partial charge is 0.462 e. The Morgan fingerprint density at radius 3 is 2.45 bits per heavy atom. The van der Waals surface area contributed by atoms with Crippen LogP contribution in [0.2, 0.25) is 5.02 Å². The average molecular weight is 618 g/mol. The molecule has 0 saturated carbocycles. The molecule has 0 bridgehead atoms. The number of H-pyrrole nitrogens is 1. The number of nitrogens with one attached hydrogen (secondary N) is 2. The average Bonchev–Trinajstić information content (AvgIpc) is 3.06. The molecule has 3 rings (SSSR count). The zero-order chi connectivity index (χ0) is 30.0. The van der Waals surface area contributed by atoms with Gasteiger partial charge < -0.3 is 19.1 Å². The number of aliphatic hydroxyl groups excluding tert-OH is 1. The molecule has 0 spiro atoms. The van der Waals surface area contributed by atoms with Crippen LogP contribution in [0.15, 0.2) is 46.1 Å². The summed E-state index contributed by atoms with van der Waals surface area (Å²) in [5.41, 5.74) is -6.24. The van der Waals surface area contributed by atoms with E-state index >= 15 is 8.78 Å². The van der Waals surface area contributed by atoms with Gasteiger partial charge in [-0.2, -0.15) is 13.9 Å². The van der Waals surface area contributed by atoms with Crippen LogP contribution in [0.5, 0.6) is 5.75 Å². The van der Waals surface area contributed by atoms with E-state index in [2.05, 4.69) is 5.09 Å². The van der Waals surface area contributed by atoms with Crippen LogP contribution in [0, 0.1) is 0 Å². The van der Waals surface area contributed by atoms with E-state index in [1.165, 1.54) is 45.0 Å². The molecule has 1 aliphatic heterocycles. The summed E-state index contributed by atoms with van der Waals surface area (Å²) in [5.74, 6) is -5.64. The summed E-state index contributed by atoms with van der Waals surface area (Å²) in [4.78, 5) is 37.6. The maximum atomic E-state index is 15.1. The SMILES string of the molecule is CC(C)OC(=O)[C@H](C)NP(=O)(OC[C@@]1(C(F)F)O[C@@H](n2cc(Cl)c(=O)[nH]c2=O)C(F)(F)[C@@H]1O)Oc1ccccc1. The summed E-state index contributed by atoms with van der Waals surface area (Å²) in [5, 5.41) is 11.8. The molecular weight excluding hydrogens is 593 g/mol. The molecule has 2 aromatic rings. The Hall–Kier alpha value is -2.75. The second kappa shape index (κ2) is 12.0. The molecule has 1 aromatic heterocycles. The third-order valence-electron chi connectivity index (χ3n) is 5.52. The van der Waals surface area contributed by atoms with Gasteiger partial charge in [-0.05, 0) is 32.9 Å². The van der Waals surface area contributed by atoms with Gasteiger partial charge in [-0.3, -0.25) is 23.7 Å². The highest BCUT2D eigenvalue weighted by molar-refractivity contribution is 7.52. The Bertz CT molecular complexity index is 1380. The Kier molecular flexibility index (Phi) is 9.54. The van der Waals surface area contributed by atoms with Gasteiger partial charge in [-0.25, -0.2) is 18.1 Å². The molecule has 1 fully saturated rings. The van der Waals surface area contributed by atoms with Gasteiger partial charge in [0.2, 0.25) is 6.23 Å². The molecule has 1 saturated heterocycles. The van der Waals surface area contributed by atoms with E-state index in [4.69, 9.17) is 30.1 Å². The quantitative estimate of drug-likeness (QED) is 0.194. The summed E-state index contributed by atoms with van der Waals surface area (Å²) in [6.45, 7) is 2.57. The molecule has 222 valence electrons. The number of carbonyl (C=O) groups is 1. The van der Waals surface area contributed by atoms with Crippen LogP contribution >= 0.6 is 19.3 Å². The predicted octanol–water partition coefficient (Wildman–Crippen LogP) is 2.85. The number of alkyl halides is 4. The van der Waals surface area contributed by atoms with Crippen LogP contribution < -0.4 is 20.9 Å². The highest BCUT2D eigenvalue weighted by atomic mass is 35.5. The summed E-state index contributed by atoms with van der Waals surface area (Å²) in [7, 11) is -4.87. The minimum atomic E-state index is -4.87. The highest BCUT2D eigenvalue weighted by Crippen LogP contribution is 2.53. The first-order chi connectivity index (χ1) is 18.5. The lowest BCUT2D eigenvalue weighted by atomic mass is 9.96. The smallest absolute Gasteiger partial charge is 0.459 e. The number of nitrogens with zero attached hydrogens (tertiary/aromatic N) is 1. The molecule has 12 nitrogen and oxygen atoms in total. The van der Waals surface area contributed by atoms with E-state index in [9.17, 15) is 32.8 Å². The minimum Gasteiger partial charge on any atom is -0.462 e. The Morgan fingerprint density at radius 1 is 1.25 bits per heavy atom. The van der Waals surface area contributed by atoms with Crippen LogP contribution in [0.25, 0.3) is 0 Å². The number of aromatic nitrogens is 2. The lowest BCUT2D eigenvalue weighted by molar-refractivity contribution is -0.193. The van der Waals surface area contributed by atoms with E-state index in [1.807, 2.05) is 0 Å². The fourth-order valence-corrected chi connectivity index (χ4v) is 5.24. The Morgan fingerprint density at radius 2 is 1.88 bits per heavy atom. The van der Waals surface area contributed by atoms with Gasteiger partial charge >= 0.3 is 25.3 Å². The number of aromatic amines is 1. The van der Waals surface area contributed by atoms with Gasteiger partial charge in [0.1, 0.15) is 16.8 Å². The molecule has 1 aliphatic rings. The van der Waals surface area contributed by atoms with Crippen LogP contribution in [-0.2, 0) is 23.4 Å². The molecule has 2 heterocycles. The molecule has 5 atom stereocenters. The summed E-state index contributed by atoms with van der Waals surface area (Å²) >= 11 is 5.59. The molecular formula is C22H25ClF4N3O9P. The zero-order valence-electron chi connectivity index (χ0n) is 21.1. The van der Waals surface area contributed by atoms with Crippen molar-refractivity contribution in [3.8, 4) is 5.75 Å². The fraction of sp³-hybridized carbons (Fsp3) is 0.500. The molecule has 40 heavy (non-hydrogen) atoms. The summed E-state index contributed by atoms with van der Waals surface area (Å²) in [6, 6.07) is 5.67. The maximum Gasteiger partial charge on any atom is 0.459 e. The Balaban J connectivity index is 1.97. The number of ether oxygens (including phenoxy) is 2. The third kappa shape index (κ3) is 6.58. The van der Waals surface area contributed by atoms with Crippen LogP contribution in [-0.4, -0.2) is 63.4 Å². The molecule has 0 aliphatic carbocycles. The predicted molar refractivity (Wildman–Crippen MR) is 131 cm³/mol. The van der Waals surface area contributed by atoms with E-state index in [0.717, 1.165) is 0 Å². The molecule has 3 N–H and O–H groups in total. The lowest BCUT2D eigenvalue weighted by Crippen LogP contribution is -2.54. The van der Waals surface area contributed by atoms with Crippen molar-refractivity contribution in [2.75, 3.05) is 6.61 Å². The number of hydrogen-bond donors (Lipinski definition) is 3. The first-order valence-corrected chi connectivity index (χ1v) is 13.4. The number of para-hydroxylation sites is 1. The normalized spacial score (nSPS) is 24.6. The number of esters is 1. The van der Waals surface area contributed by atoms with Crippen LogP contribution in [0.3, 0.4) is 0 Å². The van der Waals surface area contributed by atoms with Gasteiger partial charge in [-0.1, -0.05) is 29.8 Å². The third-order valence-corrected chi connectivity index (χ3v) is 7.41. The topological polar surface area (TPSA) is 158 Å². The van der Waals surface area contributed by atoms with Crippen molar-refractivity contribution in [1.82, 2.24) is 14.6 Å². The van der Waals surface area contributed by atoms with Crippen molar-refractivity contribution in [3.63, 3.8) is 0 Å². The van der Waals surface area contributed by atoms with E-state index in [-0.39, 0.29) is 10.3 Å². The zero-order valence-corrected chi connectivity index (χ0v) is 22.7. The summed E-state index contributed by atoms with van der Waals surface area (Å²) < 4.78 is 92.8. The van der Waals surface area contributed by atoms with Crippen molar-refractivity contribution in [1.29, 1.82) is 0 Å². The van der Waals surface area contributed by atoms with Gasteiger partial charge in [0, 0.05) is 6.20 Å². The number of aliphatic hydroxyl groups is 1. The van der Waals surface area contributed by atoms with E-state index in [0.29, 0.717) is 6.20 Å². The van der Waals surface area contributed by atoms with Crippen LogP contribution in [0.1, 0.15) is 27.0 Å². The van der Waals surface area contributed by atoms with Gasteiger partial charge in [0.05, 0.1) is 12.7 Å². The van der Waals surface area contributed by atoms with Crippen molar-refractivity contribution in [2.45, 2.75) is 63.2 Å². The highest BCUT2D eigenvalue weighted by Gasteiger charge is 2.71.